The predicted octanol–water partition coefficient (Wildman–Crippen LogP) is 2.88. The van der Waals surface area contributed by atoms with Crippen LogP contribution < -0.4 is 20.3 Å². The summed E-state index contributed by atoms with van der Waals surface area (Å²) >= 11 is 1.50. The number of aromatic nitrogens is 3. The number of nitrogen functional groups attached to an aromatic ring is 1. The molecule has 10 nitrogen and oxygen atoms in total. The average molecular weight is 567 g/mol. The van der Waals surface area contributed by atoms with E-state index in [2.05, 4.69) is 51.5 Å². The molecule has 1 amide bonds. The number of nitrogens with zero attached hydrogens (tertiary/aromatic N) is 7. The van der Waals surface area contributed by atoms with Gasteiger partial charge in [0.1, 0.15) is 17.9 Å². The first-order valence-corrected chi connectivity index (χ1v) is 14.7. The van der Waals surface area contributed by atoms with Crippen LogP contribution in [-0.2, 0) is 17.6 Å². The van der Waals surface area contributed by atoms with Crippen LogP contribution in [-0.4, -0.2) is 96.2 Å². The Morgan fingerprint density at radius 1 is 1.10 bits per heavy atom. The van der Waals surface area contributed by atoms with E-state index >= 15 is 0 Å². The largest absolute Gasteiger partial charge is 0.462 e. The Kier molecular flexibility index (Phi) is 7.45. The molecule has 6 rings (SSSR count). The van der Waals surface area contributed by atoms with Crippen molar-refractivity contribution < 1.29 is 13.9 Å². The molecule has 2 fully saturated rings. The van der Waals surface area contributed by atoms with E-state index in [1.54, 1.807) is 0 Å². The van der Waals surface area contributed by atoms with Crippen LogP contribution in [0.25, 0.3) is 10.2 Å². The Labute approximate surface area is 237 Å². The van der Waals surface area contributed by atoms with E-state index in [9.17, 15) is 9.18 Å². The number of anilines is 3. The lowest BCUT2D eigenvalue weighted by atomic mass is 10.1. The Morgan fingerprint density at radius 3 is 2.65 bits per heavy atom. The van der Waals surface area contributed by atoms with Crippen molar-refractivity contribution in [3.63, 3.8) is 0 Å². The molecule has 0 spiro atoms. The number of ether oxygens (including phenoxy) is 1. The summed E-state index contributed by atoms with van der Waals surface area (Å²) in [7, 11) is 2.13. The molecule has 0 aliphatic carbocycles. The van der Waals surface area contributed by atoms with E-state index in [4.69, 9.17) is 20.4 Å². The molecule has 40 heavy (non-hydrogen) atoms. The van der Waals surface area contributed by atoms with E-state index in [0.29, 0.717) is 50.0 Å². The number of thiazole rings is 1. The Balaban J connectivity index is 1.27. The number of amides is 1. The average Bonchev–Trinajstić information content (AvgIpc) is 3.48. The minimum Gasteiger partial charge on any atom is -0.462 e. The molecule has 0 radical (unpaired) electrons. The van der Waals surface area contributed by atoms with E-state index in [-0.39, 0.29) is 0 Å². The lowest BCUT2D eigenvalue weighted by Crippen LogP contribution is -2.49. The SMILES string of the molecule is C=C(F)C(=O)N1CCN(c2nc(OCC3CCCN3C)nc3c2CCN(c2cccc4sc(N)nc24)CC3)CC1. The highest BCUT2D eigenvalue weighted by molar-refractivity contribution is 7.22. The van der Waals surface area contributed by atoms with Gasteiger partial charge in [0.25, 0.3) is 5.91 Å². The number of carbonyl (C=O) groups excluding carboxylic acids is 1. The maximum absolute atomic E-state index is 13.5. The first kappa shape index (κ1) is 26.7. The summed E-state index contributed by atoms with van der Waals surface area (Å²) in [4.78, 5) is 34.9. The van der Waals surface area contributed by atoms with Gasteiger partial charge in [0, 0.05) is 57.3 Å². The number of halogens is 1. The van der Waals surface area contributed by atoms with Crippen LogP contribution in [0.2, 0.25) is 0 Å². The van der Waals surface area contributed by atoms with Crippen molar-refractivity contribution in [2.45, 2.75) is 31.7 Å². The van der Waals surface area contributed by atoms with Crippen LogP contribution in [0.5, 0.6) is 6.01 Å². The summed E-state index contributed by atoms with van der Waals surface area (Å²) < 4.78 is 20.8. The molecule has 3 aliphatic heterocycles. The Bertz CT molecular complexity index is 1420. The molecular formula is C28H35FN8O2S. The first-order valence-electron chi connectivity index (χ1n) is 13.9. The number of piperazine rings is 1. The van der Waals surface area contributed by atoms with E-state index in [1.807, 2.05) is 0 Å². The second-order valence-electron chi connectivity index (χ2n) is 10.7. The zero-order valence-electron chi connectivity index (χ0n) is 22.8. The Morgan fingerprint density at radius 2 is 1.90 bits per heavy atom. The fraction of sp³-hybridized carbons (Fsp3) is 0.500. The highest BCUT2D eigenvalue weighted by Crippen LogP contribution is 2.34. The van der Waals surface area contributed by atoms with Gasteiger partial charge in [-0.25, -0.2) is 9.37 Å². The number of hydrogen-bond donors (Lipinski definition) is 1. The number of para-hydroxylation sites is 1. The molecule has 2 N–H and O–H groups in total. The molecule has 2 saturated heterocycles. The lowest BCUT2D eigenvalue weighted by Gasteiger charge is -2.36. The maximum atomic E-state index is 13.5. The fourth-order valence-electron chi connectivity index (χ4n) is 5.98. The van der Waals surface area contributed by atoms with Crippen LogP contribution in [0.15, 0.2) is 30.6 Å². The summed E-state index contributed by atoms with van der Waals surface area (Å²) in [6, 6.07) is 6.96. The van der Waals surface area contributed by atoms with Gasteiger partial charge < -0.3 is 30.1 Å². The highest BCUT2D eigenvalue weighted by atomic mass is 32.1. The second kappa shape index (κ2) is 11.2. The van der Waals surface area contributed by atoms with Crippen molar-refractivity contribution in [1.82, 2.24) is 24.8 Å². The van der Waals surface area contributed by atoms with Crippen molar-refractivity contribution in [3.8, 4) is 6.01 Å². The van der Waals surface area contributed by atoms with Crippen LogP contribution in [0, 0.1) is 0 Å². The summed E-state index contributed by atoms with van der Waals surface area (Å²) in [5.74, 6) is -0.712. The van der Waals surface area contributed by atoms with Crippen LogP contribution in [0.1, 0.15) is 24.1 Å². The van der Waals surface area contributed by atoms with Crippen LogP contribution in [0.3, 0.4) is 0 Å². The van der Waals surface area contributed by atoms with Gasteiger partial charge in [0.15, 0.2) is 11.0 Å². The van der Waals surface area contributed by atoms with Gasteiger partial charge in [-0.05, 0) is 45.0 Å². The normalized spacial score (nSPS) is 20.1. The maximum Gasteiger partial charge on any atom is 0.318 e. The summed E-state index contributed by atoms with van der Waals surface area (Å²) in [6.45, 7) is 8.28. The number of fused-ring (bicyclic) bond motifs is 2. The van der Waals surface area contributed by atoms with Gasteiger partial charge in [-0.3, -0.25) is 4.79 Å². The van der Waals surface area contributed by atoms with Gasteiger partial charge in [0.2, 0.25) is 0 Å². The lowest BCUT2D eigenvalue weighted by molar-refractivity contribution is -0.128. The summed E-state index contributed by atoms with van der Waals surface area (Å²) in [5, 5.41) is 0.567. The zero-order valence-corrected chi connectivity index (χ0v) is 23.6. The molecule has 5 heterocycles. The molecule has 0 saturated carbocycles. The number of likely N-dealkylation sites (tertiary alicyclic amines) is 1. The third-order valence-corrected chi connectivity index (χ3v) is 9.08. The molecule has 12 heteroatoms. The van der Waals surface area contributed by atoms with Crippen molar-refractivity contribution >= 4 is 44.1 Å². The van der Waals surface area contributed by atoms with Gasteiger partial charge >= 0.3 is 6.01 Å². The zero-order chi connectivity index (χ0) is 27.8. The van der Waals surface area contributed by atoms with E-state index in [1.165, 1.54) is 22.7 Å². The third-order valence-electron chi connectivity index (χ3n) is 8.23. The monoisotopic (exact) mass is 566 g/mol. The van der Waals surface area contributed by atoms with Crippen LogP contribution >= 0.6 is 11.3 Å². The molecule has 0 bridgehead atoms. The van der Waals surface area contributed by atoms with Gasteiger partial charge in [0.05, 0.1) is 16.1 Å². The van der Waals surface area contributed by atoms with E-state index < -0.39 is 11.7 Å². The number of nitrogens with two attached hydrogens (primary N) is 1. The number of rotatable bonds is 6. The van der Waals surface area contributed by atoms with Gasteiger partial charge in [-0.1, -0.05) is 24.0 Å². The number of carbonyl (C=O) groups is 1. The number of benzene rings is 1. The fourth-order valence-corrected chi connectivity index (χ4v) is 6.74. The van der Waals surface area contributed by atoms with Crippen molar-refractivity contribution in [3.05, 3.63) is 41.9 Å². The number of hydrogen-bond acceptors (Lipinski definition) is 10. The topological polar surface area (TPSA) is 104 Å². The number of likely N-dealkylation sites (N-methyl/N-ethyl adjacent to an activating group) is 1. The first-order chi connectivity index (χ1) is 19.4. The van der Waals surface area contributed by atoms with Gasteiger partial charge in [-0.2, -0.15) is 9.97 Å². The Hall–Kier alpha value is -3.51. The van der Waals surface area contributed by atoms with Crippen molar-refractivity contribution in [2.24, 2.45) is 0 Å². The molecule has 1 aromatic carbocycles. The molecular weight excluding hydrogens is 531 g/mol. The minimum atomic E-state index is -0.922. The quantitative estimate of drug-likeness (QED) is 0.451. The highest BCUT2D eigenvalue weighted by Gasteiger charge is 2.29. The molecule has 3 aliphatic rings. The van der Waals surface area contributed by atoms with Crippen molar-refractivity contribution in [1.29, 1.82) is 0 Å². The van der Waals surface area contributed by atoms with Crippen molar-refractivity contribution in [2.75, 3.05) is 75.0 Å². The predicted molar refractivity (Wildman–Crippen MR) is 156 cm³/mol. The minimum absolute atomic E-state index is 0.357. The molecule has 1 unspecified atom stereocenters. The van der Waals surface area contributed by atoms with Gasteiger partial charge in [-0.15, -0.1) is 0 Å². The van der Waals surface area contributed by atoms with Crippen LogP contribution in [0.4, 0.5) is 21.0 Å². The molecule has 1 atom stereocenters. The smallest absolute Gasteiger partial charge is 0.318 e. The molecule has 212 valence electrons. The summed E-state index contributed by atoms with van der Waals surface area (Å²) in [6.07, 6.45) is 3.77. The molecule has 2 aromatic heterocycles. The summed E-state index contributed by atoms with van der Waals surface area (Å²) in [5.41, 5.74) is 10.1. The van der Waals surface area contributed by atoms with E-state index in [0.717, 1.165) is 71.9 Å². The third kappa shape index (κ3) is 5.29. The molecule has 3 aromatic rings. The second-order valence-corrected chi connectivity index (χ2v) is 11.8. The standard InChI is InChI=1S/C28H35FN8O2S/c1-18(29)26(38)37-15-13-36(14-16-37)25-20-8-11-35(22-6-3-7-23-24(22)32-27(30)40-23)12-9-21(20)31-28(33-25)39-17-19-5-4-10-34(19)2/h3,6-7,19H,1,4-5,8-17H2,2H3,(H2,30,32).